The number of alkyl halides is 15. The zero-order valence-electron chi connectivity index (χ0n) is 18.1. The number of rotatable bonds is 12. The normalized spacial score (nSPS) is 14.4. The molecule has 0 bridgehead atoms. The van der Waals surface area contributed by atoms with Crippen molar-refractivity contribution in [2.75, 3.05) is 12.4 Å². The van der Waals surface area contributed by atoms with Crippen molar-refractivity contribution in [3.63, 3.8) is 0 Å². The van der Waals surface area contributed by atoms with Crippen molar-refractivity contribution in [3.05, 3.63) is 28.3 Å². The Kier molecular flexibility index (Phi) is 9.69. The molecule has 0 saturated carbocycles. The maximum atomic E-state index is 13.6. The van der Waals surface area contributed by atoms with Gasteiger partial charge in [0.05, 0.1) is 20.5 Å². The number of hydrogen-bond donors (Lipinski definition) is 0. The van der Waals surface area contributed by atoms with E-state index < -0.39 is 90.1 Å². The molecule has 0 N–H and O–H groups in total. The van der Waals surface area contributed by atoms with Crippen molar-refractivity contribution in [2.45, 2.75) is 51.3 Å². The third-order valence-electron chi connectivity index (χ3n) is 4.44. The van der Waals surface area contributed by atoms with Crippen molar-refractivity contribution in [1.82, 2.24) is 0 Å². The van der Waals surface area contributed by atoms with E-state index in [1.807, 2.05) is 0 Å². The Bertz CT molecular complexity index is 1230. The van der Waals surface area contributed by atoms with Crippen LogP contribution in [0, 0.1) is 10.1 Å². The van der Waals surface area contributed by atoms with Crippen LogP contribution in [-0.4, -0.2) is 73.2 Å². The molecule has 1 aromatic carbocycles. The maximum Gasteiger partial charge on any atom is 0.501 e. The number of hydrogen-bond acceptors (Lipinski definition) is 7. The lowest BCUT2D eigenvalue weighted by Gasteiger charge is -2.38. The minimum absolute atomic E-state index is 0.136. The quantitative estimate of drug-likeness (QED) is 0.0897. The van der Waals surface area contributed by atoms with E-state index in [9.17, 15) is 89.2 Å². The van der Waals surface area contributed by atoms with Crippen molar-refractivity contribution >= 4 is 33.3 Å². The second kappa shape index (κ2) is 11.0. The SMILES string of the molecule is O=C(CSc1ccc(S(=O)(=O)C(F)(F)F)cc1[N+](=O)[O-])OCC(F)(F)C(F)(F)C(F)(F)C(F)(F)C(F)(F)C(F)F. The number of esters is 1. The molecular formula is C16H8F15NO6S2. The van der Waals surface area contributed by atoms with E-state index in [-0.39, 0.29) is 23.9 Å². The van der Waals surface area contributed by atoms with Gasteiger partial charge in [-0.2, -0.15) is 57.1 Å². The van der Waals surface area contributed by atoms with Gasteiger partial charge in [0.25, 0.3) is 15.5 Å². The van der Waals surface area contributed by atoms with E-state index in [1.54, 1.807) is 0 Å². The number of ether oxygens (including phenoxy) is 1. The molecule has 0 radical (unpaired) electrons. The average molecular weight is 659 g/mol. The van der Waals surface area contributed by atoms with Gasteiger partial charge in [0, 0.05) is 6.07 Å². The lowest BCUT2D eigenvalue weighted by atomic mass is 9.94. The van der Waals surface area contributed by atoms with Gasteiger partial charge in [0.15, 0.2) is 6.61 Å². The van der Waals surface area contributed by atoms with Gasteiger partial charge in [-0.1, -0.05) is 0 Å². The van der Waals surface area contributed by atoms with Crippen LogP contribution in [0.2, 0.25) is 0 Å². The second-order valence-corrected chi connectivity index (χ2v) is 10.1. The van der Waals surface area contributed by atoms with E-state index in [2.05, 4.69) is 4.74 Å². The van der Waals surface area contributed by atoms with Gasteiger partial charge in [-0.05, 0) is 12.1 Å². The molecular weight excluding hydrogens is 651 g/mol. The highest BCUT2D eigenvalue weighted by atomic mass is 32.2. The molecule has 0 aliphatic carbocycles. The number of benzene rings is 1. The van der Waals surface area contributed by atoms with Crippen LogP contribution in [0.4, 0.5) is 71.5 Å². The van der Waals surface area contributed by atoms with Crippen LogP contribution < -0.4 is 0 Å². The molecule has 0 fully saturated rings. The molecule has 0 amide bonds. The smallest absolute Gasteiger partial charge is 0.458 e. The summed E-state index contributed by atoms with van der Waals surface area (Å²) < 4.78 is 221. The first-order valence-electron chi connectivity index (χ1n) is 9.15. The highest BCUT2D eigenvalue weighted by molar-refractivity contribution is 8.00. The summed E-state index contributed by atoms with van der Waals surface area (Å²) in [5.74, 6) is -40.7. The Morgan fingerprint density at radius 2 is 1.40 bits per heavy atom. The number of nitro groups is 1. The topological polar surface area (TPSA) is 104 Å². The Labute approximate surface area is 214 Å². The maximum absolute atomic E-state index is 13.6. The first-order chi connectivity index (χ1) is 17.6. The van der Waals surface area contributed by atoms with E-state index in [0.717, 1.165) is 0 Å². The van der Waals surface area contributed by atoms with Gasteiger partial charge in [0.1, 0.15) is 0 Å². The standard InChI is InChI=1S/C16H8F15NO6S2/c17-10(18)12(21,22)14(25,26)15(27,28)13(23,24)11(19,20)5-38-9(33)4-39-8-2-1-6(3-7(8)32(34)35)40(36,37)16(29,30)31/h1-3,10H,4-5H2. The predicted octanol–water partition coefficient (Wildman–Crippen LogP) is 5.97. The van der Waals surface area contributed by atoms with Crippen molar-refractivity contribution < 1.29 is 88.7 Å². The van der Waals surface area contributed by atoms with Gasteiger partial charge >= 0.3 is 47.5 Å². The Hall–Kier alpha value is -2.66. The number of carbonyl (C=O) groups is 1. The van der Waals surface area contributed by atoms with E-state index in [1.165, 1.54) is 0 Å². The fraction of sp³-hybridized carbons (Fsp3) is 0.562. The van der Waals surface area contributed by atoms with E-state index in [0.29, 0.717) is 6.07 Å². The van der Waals surface area contributed by atoms with Crippen molar-refractivity contribution in [3.8, 4) is 0 Å². The summed E-state index contributed by atoms with van der Waals surface area (Å²) in [5, 5.41) is 11.0. The summed E-state index contributed by atoms with van der Waals surface area (Å²) in [6, 6.07) is 0.321. The molecule has 1 aromatic rings. The van der Waals surface area contributed by atoms with Gasteiger partial charge in [0.2, 0.25) is 0 Å². The predicted molar refractivity (Wildman–Crippen MR) is 98.8 cm³/mol. The largest absolute Gasteiger partial charge is 0.501 e. The molecule has 24 heteroatoms. The second-order valence-electron chi connectivity index (χ2n) is 7.14. The van der Waals surface area contributed by atoms with Gasteiger partial charge in [-0.3, -0.25) is 14.9 Å². The zero-order chi connectivity index (χ0) is 31.9. The van der Waals surface area contributed by atoms with Crippen LogP contribution in [0.15, 0.2) is 28.0 Å². The average Bonchev–Trinajstić information content (AvgIpc) is 2.79. The fourth-order valence-corrected chi connectivity index (χ4v) is 3.86. The number of sulfone groups is 1. The zero-order valence-corrected chi connectivity index (χ0v) is 19.7. The number of nitrogens with zero attached hydrogens (tertiary/aromatic N) is 1. The molecule has 40 heavy (non-hydrogen) atoms. The number of nitro benzene ring substituents is 1. The molecule has 230 valence electrons. The van der Waals surface area contributed by atoms with Crippen LogP contribution in [-0.2, 0) is 19.4 Å². The molecule has 0 saturated heterocycles. The van der Waals surface area contributed by atoms with Crippen LogP contribution in [0.25, 0.3) is 0 Å². The Morgan fingerprint density at radius 3 is 1.82 bits per heavy atom. The van der Waals surface area contributed by atoms with Gasteiger partial charge in [-0.15, -0.1) is 11.8 Å². The highest BCUT2D eigenvalue weighted by Gasteiger charge is 2.87. The molecule has 0 aliphatic rings. The van der Waals surface area contributed by atoms with Crippen LogP contribution in [0.1, 0.15) is 0 Å². The molecule has 0 aromatic heterocycles. The molecule has 0 heterocycles. The summed E-state index contributed by atoms with van der Waals surface area (Å²) in [5.41, 5.74) is -7.34. The van der Waals surface area contributed by atoms with Gasteiger partial charge < -0.3 is 4.74 Å². The number of halogens is 15. The first-order valence-corrected chi connectivity index (χ1v) is 11.6. The lowest BCUT2D eigenvalue weighted by molar-refractivity contribution is -0.414. The van der Waals surface area contributed by atoms with E-state index in [4.69, 9.17) is 0 Å². The minimum Gasteiger partial charge on any atom is -0.458 e. The number of thioether (sulfide) groups is 1. The Balaban J connectivity index is 3.11. The van der Waals surface area contributed by atoms with Crippen LogP contribution >= 0.6 is 11.8 Å². The van der Waals surface area contributed by atoms with Crippen molar-refractivity contribution in [1.29, 1.82) is 0 Å². The third kappa shape index (κ3) is 6.15. The summed E-state index contributed by atoms with van der Waals surface area (Å²) in [4.78, 5) is 18.6. The monoisotopic (exact) mass is 659 g/mol. The first kappa shape index (κ1) is 35.4. The molecule has 7 nitrogen and oxygen atoms in total. The number of carbonyl (C=O) groups excluding carboxylic acids is 1. The molecule has 0 spiro atoms. The summed E-state index contributed by atoms with van der Waals surface area (Å²) in [6.45, 7) is -3.25. The molecule has 0 unspecified atom stereocenters. The minimum atomic E-state index is -7.87. The van der Waals surface area contributed by atoms with Crippen molar-refractivity contribution in [2.24, 2.45) is 0 Å². The third-order valence-corrected chi connectivity index (χ3v) is 6.96. The summed E-state index contributed by atoms with van der Waals surface area (Å²) >= 11 is -0.191. The van der Waals surface area contributed by atoms with Crippen LogP contribution in [0.5, 0.6) is 0 Å². The highest BCUT2D eigenvalue weighted by Crippen LogP contribution is 2.58. The fourth-order valence-electron chi connectivity index (χ4n) is 2.28. The summed E-state index contributed by atoms with van der Waals surface area (Å²) in [7, 11) is -6.12. The molecule has 0 aliphatic heterocycles. The molecule has 1 rings (SSSR count). The van der Waals surface area contributed by atoms with E-state index >= 15 is 0 Å². The van der Waals surface area contributed by atoms with Crippen LogP contribution in [0.3, 0.4) is 0 Å². The lowest BCUT2D eigenvalue weighted by Crippen LogP contribution is -2.69. The Morgan fingerprint density at radius 1 is 0.900 bits per heavy atom. The summed E-state index contributed by atoms with van der Waals surface area (Å²) in [6.07, 6.45) is -5.72. The molecule has 0 atom stereocenters. The van der Waals surface area contributed by atoms with Gasteiger partial charge in [-0.25, -0.2) is 17.2 Å².